The Morgan fingerprint density at radius 2 is 1.80 bits per heavy atom. The second-order valence-electron chi connectivity index (χ2n) is 17.5. The van der Waals surface area contributed by atoms with Gasteiger partial charge in [-0.1, -0.05) is 68.8 Å². The van der Waals surface area contributed by atoms with Crippen LogP contribution in [-0.2, 0) is 39.8 Å². The van der Waals surface area contributed by atoms with E-state index in [0.29, 0.717) is 23.7 Å². The summed E-state index contributed by atoms with van der Waals surface area (Å²) in [4.78, 5) is 39.8. The van der Waals surface area contributed by atoms with Gasteiger partial charge in [0.2, 0.25) is 0 Å². The number of amides is 1. The van der Waals surface area contributed by atoms with Gasteiger partial charge in [-0.25, -0.2) is 4.79 Å². The molecular weight excluding hydrogens is 780 g/mol. The van der Waals surface area contributed by atoms with Gasteiger partial charge in [0.1, 0.15) is 29.5 Å². The minimum absolute atomic E-state index is 0.0182. The molecule has 3 rings (SSSR count). The van der Waals surface area contributed by atoms with Crippen molar-refractivity contribution in [3.8, 4) is 0 Å². The van der Waals surface area contributed by atoms with Gasteiger partial charge >= 0.3 is 18.0 Å². The molecule has 2 aliphatic rings. The van der Waals surface area contributed by atoms with Crippen LogP contribution < -0.4 is 5.32 Å². The molecule has 2 aliphatic heterocycles. The number of hydrogen-bond acceptors (Lipinski definition) is 12. The molecule has 3 unspecified atom stereocenters. The first-order chi connectivity index (χ1) is 27.5. The summed E-state index contributed by atoms with van der Waals surface area (Å²) in [6, 6.07) is 6.85. The number of hydrogen-bond donors (Lipinski definition) is 4. The molecule has 1 aromatic carbocycles. The van der Waals surface area contributed by atoms with Crippen LogP contribution in [0.5, 0.6) is 0 Å². The first kappa shape index (κ1) is 50.1. The number of epoxide rings is 1. The second-order valence-corrected chi connectivity index (χ2v) is 17.9. The van der Waals surface area contributed by atoms with Crippen LogP contribution in [-0.4, -0.2) is 118 Å². The van der Waals surface area contributed by atoms with Crippen molar-refractivity contribution in [1.29, 1.82) is 0 Å². The van der Waals surface area contributed by atoms with Gasteiger partial charge < -0.3 is 44.3 Å². The zero-order valence-corrected chi connectivity index (χ0v) is 37.5. The molecule has 13 nitrogen and oxygen atoms in total. The fourth-order valence-corrected chi connectivity index (χ4v) is 7.79. The zero-order chi connectivity index (χ0) is 44.3. The number of alkyl carbamates (subject to hydrolysis) is 1. The summed E-state index contributed by atoms with van der Waals surface area (Å²) < 4.78 is 29.1. The monoisotopic (exact) mass is 848 g/mol. The molecule has 4 N–H and O–H groups in total. The van der Waals surface area contributed by atoms with Gasteiger partial charge in [0.05, 0.1) is 36.4 Å². The molecule has 11 atom stereocenters. The number of aliphatic hydroxyl groups is 3. The summed E-state index contributed by atoms with van der Waals surface area (Å²) in [6.45, 7) is 18.6. The van der Waals surface area contributed by atoms with Crippen molar-refractivity contribution in [2.75, 3.05) is 20.2 Å². The topological polar surface area (TPSA) is 177 Å². The third kappa shape index (κ3) is 15.9. The highest BCUT2D eigenvalue weighted by atomic mass is 35.5. The Morgan fingerprint density at radius 3 is 2.39 bits per heavy atom. The number of nitrogens with zero attached hydrogens (tertiary/aromatic N) is 1. The smallest absolute Gasteiger partial charge is 0.407 e. The maximum absolute atomic E-state index is 13.1. The number of esters is 2. The van der Waals surface area contributed by atoms with Crippen LogP contribution in [0.4, 0.5) is 4.79 Å². The third-order valence-corrected chi connectivity index (χ3v) is 11.2. The van der Waals surface area contributed by atoms with Crippen molar-refractivity contribution >= 4 is 29.6 Å². The number of cyclic esters (lactones) is 1. The Labute approximate surface area is 356 Å². The Kier molecular flexibility index (Phi) is 18.7. The van der Waals surface area contributed by atoms with Crippen molar-refractivity contribution in [2.24, 2.45) is 11.8 Å². The predicted molar refractivity (Wildman–Crippen MR) is 227 cm³/mol. The second kappa shape index (κ2) is 22.0. The number of allylic oxidation sites excluding steroid dienone is 2. The molecule has 1 saturated heterocycles. The first-order valence-electron chi connectivity index (χ1n) is 20.6. The normalized spacial score (nSPS) is 28.4. The summed E-state index contributed by atoms with van der Waals surface area (Å²) in [5, 5.41) is 37.8. The van der Waals surface area contributed by atoms with Gasteiger partial charge in [-0.2, -0.15) is 0 Å². The molecule has 1 aromatic rings. The molecule has 59 heavy (non-hydrogen) atoms. The lowest BCUT2D eigenvalue weighted by Crippen LogP contribution is -2.55. The van der Waals surface area contributed by atoms with E-state index in [9.17, 15) is 29.7 Å². The molecule has 0 aliphatic carbocycles. The number of halogens is 1. The van der Waals surface area contributed by atoms with Crippen LogP contribution in [0.3, 0.4) is 0 Å². The lowest BCUT2D eigenvalue weighted by Gasteiger charge is -2.39. The van der Waals surface area contributed by atoms with E-state index in [1.54, 1.807) is 72.1 Å². The summed E-state index contributed by atoms with van der Waals surface area (Å²) in [7, 11) is 1.68. The van der Waals surface area contributed by atoms with Gasteiger partial charge in [-0.15, -0.1) is 0 Å². The number of carbonyl (C=O) groups excluding carboxylic acids is 3. The first-order valence-corrected chi connectivity index (χ1v) is 21.0. The van der Waals surface area contributed by atoms with E-state index in [-0.39, 0.29) is 43.9 Å². The van der Waals surface area contributed by atoms with Gasteiger partial charge in [-0.05, 0) is 90.2 Å². The molecule has 0 spiro atoms. The maximum Gasteiger partial charge on any atom is 0.407 e. The van der Waals surface area contributed by atoms with Crippen molar-refractivity contribution in [3.63, 3.8) is 0 Å². The van der Waals surface area contributed by atoms with Crippen molar-refractivity contribution in [3.05, 3.63) is 70.8 Å². The summed E-state index contributed by atoms with van der Waals surface area (Å²) in [6.07, 6.45) is 5.06. The van der Waals surface area contributed by atoms with E-state index in [1.807, 2.05) is 31.2 Å². The maximum atomic E-state index is 13.1. The average Bonchev–Trinajstić information content (AvgIpc) is 3.91. The molecule has 1 amide bonds. The Morgan fingerprint density at radius 1 is 1.14 bits per heavy atom. The summed E-state index contributed by atoms with van der Waals surface area (Å²) >= 11 is 6.24. The molecule has 0 radical (unpaired) electrons. The van der Waals surface area contributed by atoms with E-state index < -0.39 is 71.2 Å². The Balaban J connectivity index is 2.02. The van der Waals surface area contributed by atoms with Gasteiger partial charge in [0.15, 0.2) is 0 Å². The van der Waals surface area contributed by atoms with E-state index in [2.05, 4.69) is 24.1 Å². The number of nitrogens with one attached hydrogen (secondary N) is 1. The predicted octanol–water partition coefficient (Wildman–Crippen LogP) is 6.45. The van der Waals surface area contributed by atoms with E-state index in [0.717, 1.165) is 12.0 Å². The number of rotatable bonds is 16. The van der Waals surface area contributed by atoms with Crippen molar-refractivity contribution in [1.82, 2.24) is 10.2 Å². The molecule has 332 valence electrons. The Bertz CT molecular complexity index is 1620. The summed E-state index contributed by atoms with van der Waals surface area (Å²) in [5.41, 5.74) is -2.10. The minimum Gasteiger partial charge on any atom is -0.457 e. The van der Waals surface area contributed by atoms with Crippen LogP contribution in [0.2, 0.25) is 5.02 Å². The zero-order valence-electron chi connectivity index (χ0n) is 36.8. The average molecular weight is 850 g/mol. The molecular formula is C45H69ClN2O11. The highest BCUT2D eigenvalue weighted by Gasteiger charge is 2.56. The van der Waals surface area contributed by atoms with Gasteiger partial charge in [0.25, 0.3) is 0 Å². The molecule has 0 bridgehead atoms. The largest absolute Gasteiger partial charge is 0.457 e. The molecule has 0 aromatic heterocycles. The number of carbonyl (C=O) groups is 3. The van der Waals surface area contributed by atoms with Crippen LogP contribution >= 0.6 is 11.6 Å². The van der Waals surface area contributed by atoms with Crippen LogP contribution in [0, 0.1) is 11.8 Å². The Hall–Kier alpha value is -3.30. The highest BCUT2D eigenvalue weighted by Crippen LogP contribution is 2.41. The van der Waals surface area contributed by atoms with Crippen LogP contribution in [0.15, 0.2) is 60.2 Å². The fraction of sp³-hybridized carbons (Fsp3) is 0.667. The van der Waals surface area contributed by atoms with Crippen LogP contribution in [0.25, 0.3) is 0 Å². The molecule has 14 heteroatoms. The van der Waals surface area contributed by atoms with Gasteiger partial charge in [-0.3, -0.25) is 14.5 Å². The lowest BCUT2D eigenvalue weighted by atomic mass is 9.85. The third-order valence-electron chi connectivity index (χ3n) is 10.9. The van der Waals surface area contributed by atoms with Crippen LogP contribution in [0.1, 0.15) is 100 Å². The van der Waals surface area contributed by atoms with Crippen molar-refractivity contribution < 1.29 is 53.4 Å². The number of benzene rings is 1. The number of ether oxygens (including phenoxy) is 5. The number of aliphatic hydroxyl groups excluding tert-OH is 1. The van der Waals surface area contributed by atoms with Gasteiger partial charge in [0, 0.05) is 50.5 Å². The van der Waals surface area contributed by atoms with E-state index in [1.165, 1.54) is 13.8 Å². The van der Waals surface area contributed by atoms with E-state index in [4.69, 9.17) is 35.3 Å². The molecule has 2 heterocycles. The molecule has 0 saturated carbocycles. The minimum atomic E-state index is -1.51. The van der Waals surface area contributed by atoms with Crippen molar-refractivity contribution in [2.45, 2.75) is 161 Å². The lowest BCUT2D eigenvalue weighted by molar-refractivity contribution is -0.157. The summed E-state index contributed by atoms with van der Waals surface area (Å²) in [5.74, 6) is -1.59. The standard InChI is InChI=1S/C45H69ClN2O11/c1-12-35(55-11)30(4)39-40(58-39)41(48(27-32-16-18-33(46)19-17-32)25-24-47-42(52)59-43(6,7)8)45(10,54)22-13-14-28(2)38-29(3)15-20-36(56-31(5)49)44(9,53)23-21-34(50)26-37(51)57-38/h13-20,22,29-30,34-36,38-41,50,53-54H,12,21,23-27H2,1-11H3,(H,47,52)/t29-,30+,34+,35-,36-,38?,39+,40-,41?,44+,45?/m0/s1. The molecule has 1 fully saturated rings. The highest BCUT2D eigenvalue weighted by molar-refractivity contribution is 6.30. The fourth-order valence-electron chi connectivity index (χ4n) is 7.66. The van der Waals surface area contributed by atoms with E-state index >= 15 is 0 Å². The number of methoxy groups -OCH3 is 1. The quantitative estimate of drug-likeness (QED) is 0.0471. The SMILES string of the molecule is CC[C@H](OC)[C@@H](C)[C@H]1O[C@@H]1C(N(CCNC(=O)OC(C)(C)C)Cc1ccc(Cl)cc1)C(C)(O)C=CC=C(C)C1OC(=O)C[C@H](O)CC[C@@](C)(O)[C@@H](OC(C)=O)C=C[C@@H]1C.